The van der Waals surface area contributed by atoms with Gasteiger partial charge >= 0.3 is 0 Å². The molecule has 7 heteroatoms. The zero-order valence-electron chi connectivity index (χ0n) is 16.1. The fraction of sp³-hybridized carbons (Fsp3) is 0.381. The minimum Gasteiger partial charge on any atom is -0.325 e. The highest BCUT2D eigenvalue weighted by Crippen LogP contribution is 2.31. The van der Waals surface area contributed by atoms with Crippen LogP contribution in [-0.2, 0) is 21.2 Å². The van der Waals surface area contributed by atoms with Crippen LogP contribution in [0.4, 0.5) is 11.4 Å². The number of carbonyl (C=O) groups is 1. The quantitative estimate of drug-likeness (QED) is 0.744. The van der Waals surface area contributed by atoms with E-state index < -0.39 is 10.0 Å². The van der Waals surface area contributed by atoms with E-state index >= 15 is 0 Å². The van der Waals surface area contributed by atoms with Crippen molar-refractivity contribution in [3.05, 3.63) is 58.6 Å². The van der Waals surface area contributed by atoms with Gasteiger partial charge in [0.25, 0.3) is 0 Å². The van der Waals surface area contributed by atoms with Gasteiger partial charge in [0.2, 0.25) is 15.9 Å². The van der Waals surface area contributed by atoms with Crippen LogP contribution in [0.15, 0.2) is 42.5 Å². The molecule has 2 aromatic rings. The van der Waals surface area contributed by atoms with Crippen LogP contribution < -0.4 is 9.62 Å². The molecule has 0 aliphatic carbocycles. The predicted octanol–water partition coefficient (Wildman–Crippen LogP) is 4.57. The zero-order chi connectivity index (χ0) is 20.3. The van der Waals surface area contributed by atoms with Gasteiger partial charge in [0.1, 0.15) is 0 Å². The van der Waals surface area contributed by atoms with E-state index in [1.807, 2.05) is 0 Å². The minimum atomic E-state index is -3.28. The van der Waals surface area contributed by atoms with E-state index in [-0.39, 0.29) is 11.7 Å². The second-order valence-corrected chi connectivity index (χ2v) is 9.77. The highest BCUT2D eigenvalue weighted by atomic mass is 35.5. The Bertz CT molecular complexity index is 956. The van der Waals surface area contributed by atoms with E-state index in [4.69, 9.17) is 11.6 Å². The van der Waals surface area contributed by atoms with Gasteiger partial charge in [-0.2, -0.15) is 0 Å². The molecule has 1 fully saturated rings. The first kappa shape index (κ1) is 20.7. The van der Waals surface area contributed by atoms with Crippen LogP contribution in [0.3, 0.4) is 0 Å². The third-order valence-electron chi connectivity index (χ3n) is 4.90. The Labute approximate surface area is 171 Å². The lowest BCUT2D eigenvalue weighted by atomic mass is 10.0. The van der Waals surface area contributed by atoms with Crippen molar-refractivity contribution in [1.29, 1.82) is 0 Å². The molecule has 1 amide bonds. The number of hydrogen-bond donors (Lipinski definition) is 1. The van der Waals surface area contributed by atoms with Crippen molar-refractivity contribution < 1.29 is 13.2 Å². The summed E-state index contributed by atoms with van der Waals surface area (Å²) in [7, 11) is -3.28. The molecular weight excluding hydrogens is 396 g/mol. The van der Waals surface area contributed by atoms with Crippen LogP contribution in [0.5, 0.6) is 0 Å². The Morgan fingerprint density at radius 2 is 1.89 bits per heavy atom. The lowest BCUT2D eigenvalue weighted by molar-refractivity contribution is -0.116. The summed E-state index contributed by atoms with van der Waals surface area (Å²) >= 11 is 6.20. The van der Waals surface area contributed by atoms with Gasteiger partial charge in [-0.1, -0.05) is 49.7 Å². The second-order valence-electron chi connectivity index (χ2n) is 7.35. The summed E-state index contributed by atoms with van der Waals surface area (Å²) in [4.78, 5) is 12.4. The van der Waals surface area contributed by atoms with Gasteiger partial charge in [-0.05, 0) is 48.1 Å². The van der Waals surface area contributed by atoms with Crippen LogP contribution >= 0.6 is 11.6 Å². The van der Waals surface area contributed by atoms with Gasteiger partial charge in [-0.3, -0.25) is 9.10 Å². The summed E-state index contributed by atoms with van der Waals surface area (Å²) in [6.07, 6.45) is 1.55. The van der Waals surface area contributed by atoms with Gasteiger partial charge in [0.15, 0.2) is 0 Å². The van der Waals surface area contributed by atoms with Crippen LogP contribution in [0, 0.1) is 0 Å². The standard InChI is InChI=1S/C21H25ClN2O3S/c1-15(2)17-7-4-16(5-8-17)6-11-21(25)23-20-14-18(9-10-19(20)22)24-12-3-13-28(24,26)27/h4-5,7-10,14-15H,3,6,11-13H2,1-2H3,(H,23,25). The maximum absolute atomic E-state index is 12.4. The van der Waals surface area contributed by atoms with Crippen LogP contribution in [0.25, 0.3) is 0 Å². The molecule has 0 atom stereocenters. The van der Waals surface area contributed by atoms with Crippen molar-refractivity contribution in [1.82, 2.24) is 0 Å². The Balaban J connectivity index is 1.64. The number of rotatable bonds is 6. The van der Waals surface area contributed by atoms with Gasteiger partial charge in [0, 0.05) is 13.0 Å². The third kappa shape index (κ3) is 4.86. The lowest BCUT2D eigenvalue weighted by Gasteiger charge is -2.18. The van der Waals surface area contributed by atoms with E-state index in [9.17, 15) is 13.2 Å². The molecular formula is C21H25ClN2O3S. The molecule has 0 bridgehead atoms. The smallest absolute Gasteiger partial charge is 0.235 e. The maximum Gasteiger partial charge on any atom is 0.235 e. The van der Waals surface area contributed by atoms with Crippen molar-refractivity contribution in [2.75, 3.05) is 21.9 Å². The second kappa shape index (κ2) is 8.53. The Morgan fingerprint density at radius 1 is 1.18 bits per heavy atom. The molecule has 1 heterocycles. The van der Waals surface area contributed by atoms with Crippen LogP contribution in [0.1, 0.15) is 43.7 Å². The Hall–Kier alpha value is -2.05. The van der Waals surface area contributed by atoms with Crippen molar-refractivity contribution in [3.8, 4) is 0 Å². The van der Waals surface area contributed by atoms with E-state index in [1.54, 1.807) is 18.2 Å². The average molecular weight is 421 g/mol. The molecule has 1 N–H and O–H groups in total. The molecule has 1 saturated heterocycles. The molecule has 150 valence electrons. The number of nitrogens with one attached hydrogen (secondary N) is 1. The molecule has 0 spiro atoms. The summed E-state index contributed by atoms with van der Waals surface area (Å²) in [5.74, 6) is 0.467. The minimum absolute atomic E-state index is 0.146. The first-order chi connectivity index (χ1) is 13.3. The number of nitrogens with zero attached hydrogens (tertiary/aromatic N) is 1. The summed E-state index contributed by atoms with van der Waals surface area (Å²) in [6.45, 7) is 4.74. The maximum atomic E-state index is 12.4. The molecule has 28 heavy (non-hydrogen) atoms. The molecule has 1 aliphatic rings. The van der Waals surface area contributed by atoms with Gasteiger partial charge in [0.05, 0.1) is 22.2 Å². The van der Waals surface area contributed by atoms with Crippen molar-refractivity contribution in [3.63, 3.8) is 0 Å². The lowest BCUT2D eigenvalue weighted by Crippen LogP contribution is -2.25. The first-order valence-electron chi connectivity index (χ1n) is 9.45. The summed E-state index contributed by atoms with van der Waals surface area (Å²) in [6, 6.07) is 13.2. The number of hydrogen-bond acceptors (Lipinski definition) is 3. The van der Waals surface area contributed by atoms with E-state index in [2.05, 4.69) is 43.4 Å². The van der Waals surface area contributed by atoms with Crippen LogP contribution in [-0.4, -0.2) is 26.6 Å². The molecule has 2 aromatic carbocycles. The number of amides is 1. The monoisotopic (exact) mass is 420 g/mol. The summed E-state index contributed by atoms with van der Waals surface area (Å²) in [5.41, 5.74) is 3.33. The molecule has 3 rings (SSSR count). The van der Waals surface area contributed by atoms with Gasteiger partial charge < -0.3 is 5.32 Å². The highest BCUT2D eigenvalue weighted by molar-refractivity contribution is 7.93. The largest absolute Gasteiger partial charge is 0.325 e. The first-order valence-corrected chi connectivity index (χ1v) is 11.4. The van der Waals surface area contributed by atoms with Gasteiger partial charge in [-0.15, -0.1) is 0 Å². The van der Waals surface area contributed by atoms with E-state index in [1.165, 1.54) is 9.87 Å². The fourth-order valence-electron chi connectivity index (χ4n) is 3.23. The third-order valence-corrected chi connectivity index (χ3v) is 7.10. The van der Waals surface area contributed by atoms with E-state index in [0.717, 1.165) is 5.56 Å². The molecule has 0 aromatic heterocycles. The van der Waals surface area contributed by atoms with Crippen LogP contribution in [0.2, 0.25) is 5.02 Å². The number of sulfonamides is 1. The zero-order valence-corrected chi connectivity index (χ0v) is 17.7. The van der Waals surface area contributed by atoms with Crippen molar-refractivity contribution in [2.45, 2.75) is 39.0 Å². The normalized spacial score (nSPS) is 15.8. The highest BCUT2D eigenvalue weighted by Gasteiger charge is 2.28. The topological polar surface area (TPSA) is 66.5 Å². The molecule has 0 unspecified atom stereocenters. The number of benzene rings is 2. The fourth-order valence-corrected chi connectivity index (χ4v) is 4.95. The Morgan fingerprint density at radius 3 is 2.50 bits per heavy atom. The number of carbonyl (C=O) groups excluding carboxylic acids is 1. The molecule has 0 radical (unpaired) electrons. The average Bonchev–Trinajstić information content (AvgIpc) is 3.01. The van der Waals surface area contributed by atoms with E-state index in [0.29, 0.717) is 48.1 Å². The SMILES string of the molecule is CC(C)c1ccc(CCC(=O)Nc2cc(N3CCCS3(=O)=O)ccc2Cl)cc1. The van der Waals surface area contributed by atoms with Gasteiger partial charge in [-0.25, -0.2) is 8.42 Å². The molecule has 5 nitrogen and oxygen atoms in total. The predicted molar refractivity (Wildman–Crippen MR) is 115 cm³/mol. The molecule has 0 saturated carbocycles. The van der Waals surface area contributed by atoms with Crippen molar-refractivity contribution in [2.24, 2.45) is 0 Å². The summed E-state index contributed by atoms with van der Waals surface area (Å²) in [5, 5.41) is 3.19. The van der Waals surface area contributed by atoms with Crippen molar-refractivity contribution >= 4 is 38.9 Å². The number of anilines is 2. The number of halogens is 1. The Kier molecular flexibility index (Phi) is 6.30. The summed E-state index contributed by atoms with van der Waals surface area (Å²) < 4.78 is 25.6. The molecule has 1 aliphatic heterocycles. The number of aryl methyl sites for hydroxylation is 1.